The van der Waals surface area contributed by atoms with E-state index >= 15 is 0 Å². The van der Waals surface area contributed by atoms with Crippen LogP contribution in [0.25, 0.3) is 6.08 Å². The van der Waals surface area contributed by atoms with Crippen molar-refractivity contribution in [1.29, 1.82) is 0 Å². The Kier molecular flexibility index (Phi) is 9.98. The lowest BCUT2D eigenvalue weighted by atomic mass is 10.0. The summed E-state index contributed by atoms with van der Waals surface area (Å²) < 4.78 is 10.8. The number of rotatable bonds is 9. The van der Waals surface area contributed by atoms with E-state index in [-0.39, 0.29) is 22.8 Å². The van der Waals surface area contributed by atoms with Crippen LogP contribution in [0.5, 0.6) is 5.95 Å². The van der Waals surface area contributed by atoms with Crippen LogP contribution in [0.4, 0.5) is 5.69 Å². The van der Waals surface area contributed by atoms with E-state index in [1.807, 2.05) is 52.0 Å². The second-order valence-electron chi connectivity index (χ2n) is 8.84. The molecule has 1 aromatic heterocycles. The number of aliphatic hydroxyl groups is 1. The van der Waals surface area contributed by atoms with Crippen LogP contribution in [0, 0.1) is 19.1 Å². The van der Waals surface area contributed by atoms with Gasteiger partial charge in [-0.05, 0) is 59.2 Å². The van der Waals surface area contributed by atoms with Gasteiger partial charge in [-0.25, -0.2) is 5.21 Å². The van der Waals surface area contributed by atoms with Crippen molar-refractivity contribution in [3.05, 3.63) is 103 Å². The minimum Gasteiger partial charge on any atom is -0.595 e. The summed E-state index contributed by atoms with van der Waals surface area (Å²) in [4.78, 5) is 12.4. The standard InChI is InChI=1S/C28H35NO6/c1-17(13-19(3)15-23-8-10-24(11-9-23)29(32)33)12-18(2)14-20(4)16-25(30)27-21(5)26(31)22(6)28(34-7)35-27/h8-15,25,29-30,32H,16H2,1-7H3. The van der Waals surface area contributed by atoms with Gasteiger partial charge >= 0.3 is 0 Å². The average molecular weight is 482 g/mol. The van der Waals surface area contributed by atoms with Crippen molar-refractivity contribution < 1.29 is 24.7 Å². The molecule has 3 N–H and O–H groups in total. The van der Waals surface area contributed by atoms with Gasteiger partial charge in [0.25, 0.3) is 5.95 Å². The lowest BCUT2D eigenvalue weighted by Crippen LogP contribution is -2.99. The fraction of sp³-hybridized carbons (Fsp3) is 0.321. The molecule has 7 heteroatoms. The SMILES string of the molecule is COc1oc(C(O)CC(C)=CC(C)=CC(C)=CC(C)=Cc2ccc([NH+]([O-])O)cc2)c(C)c(=O)c1C. The van der Waals surface area contributed by atoms with Crippen molar-refractivity contribution in [2.75, 3.05) is 7.11 Å². The molecule has 0 saturated carbocycles. The van der Waals surface area contributed by atoms with Crippen LogP contribution in [0.15, 0.2) is 74.0 Å². The zero-order chi connectivity index (χ0) is 26.3. The molecule has 2 unspecified atom stereocenters. The first-order valence-electron chi connectivity index (χ1n) is 11.3. The Balaban J connectivity index is 2.13. The molecule has 1 aromatic carbocycles. The lowest BCUT2D eigenvalue weighted by Gasteiger charge is -2.15. The number of aliphatic hydroxyl groups excluding tert-OH is 1. The first-order chi connectivity index (χ1) is 16.4. The summed E-state index contributed by atoms with van der Waals surface area (Å²) in [7, 11) is 1.43. The smallest absolute Gasteiger partial charge is 0.291 e. The number of allylic oxidation sites excluding steroid dienone is 6. The van der Waals surface area contributed by atoms with Gasteiger partial charge < -0.3 is 19.5 Å². The molecule has 0 fully saturated rings. The van der Waals surface area contributed by atoms with Crippen LogP contribution in [0.3, 0.4) is 0 Å². The first kappa shape index (κ1) is 28.0. The molecule has 0 amide bonds. The molecule has 0 aliphatic carbocycles. The number of ether oxygens (including phenoxy) is 1. The highest BCUT2D eigenvalue weighted by molar-refractivity contribution is 5.57. The maximum absolute atomic E-state index is 12.4. The molecule has 35 heavy (non-hydrogen) atoms. The van der Waals surface area contributed by atoms with E-state index < -0.39 is 11.3 Å². The van der Waals surface area contributed by atoms with E-state index in [1.165, 1.54) is 7.11 Å². The van der Waals surface area contributed by atoms with Gasteiger partial charge in [-0.3, -0.25) is 4.79 Å². The second kappa shape index (κ2) is 12.5. The second-order valence-corrected chi connectivity index (χ2v) is 8.84. The normalized spacial score (nSPS) is 15.3. The molecule has 7 nitrogen and oxygen atoms in total. The van der Waals surface area contributed by atoms with E-state index in [2.05, 4.69) is 0 Å². The van der Waals surface area contributed by atoms with Crippen molar-refractivity contribution >= 4 is 11.8 Å². The summed E-state index contributed by atoms with van der Waals surface area (Å²) in [5.74, 6) is 0.342. The zero-order valence-electron chi connectivity index (χ0n) is 21.4. The summed E-state index contributed by atoms with van der Waals surface area (Å²) >= 11 is 0. The minimum absolute atomic E-state index is 0.120. The molecule has 1 heterocycles. The molecule has 0 spiro atoms. The molecule has 0 bridgehead atoms. The molecule has 188 valence electrons. The van der Waals surface area contributed by atoms with Crippen LogP contribution >= 0.6 is 0 Å². The van der Waals surface area contributed by atoms with Gasteiger partial charge in [0.1, 0.15) is 11.9 Å². The van der Waals surface area contributed by atoms with E-state index in [0.717, 1.165) is 27.9 Å². The Hall–Kier alpha value is -3.23. The van der Waals surface area contributed by atoms with E-state index in [4.69, 9.17) is 14.4 Å². The highest BCUT2D eigenvalue weighted by atomic mass is 16.8. The van der Waals surface area contributed by atoms with Gasteiger partial charge in [-0.2, -0.15) is 5.23 Å². The van der Waals surface area contributed by atoms with Gasteiger partial charge in [0, 0.05) is 24.1 Å². The number of benzene rings is 1. The Morgan fingerprint density at radius 1 is 1.03 bits per heavy atom. The largest absolute Gasteiger partial charge is 0.595 e. The van der Waals surface area contributed by atoms with Crippen molar-refractivity contribution in [2.45, 2.75) is 54.1 Å². The molecule has 0 aliphatic heterocycles. The molecule has 2 atom stereocenters. The van der Waals surface area contributed by atoms with E-state index in [0.29, 0.717) is 17.5 Å². The Morgan fingerprint density at radius 2 is 1.60 bits per heavy atom. The molecule has 0 saturated heterocycles. The fourth-order valence-electron chi connectivity index (χ4n) is 3.92. The molecule has 0 aliphatic rings. The van der Waals surface area contributed by atoms with Crippen LogP contribution in [-0.2, 0) is 0 Å². The third-order valence-corrected chi connectivity index (χ3v) is 5.50. The van der Waals surface area contributed by atoms with Crippen LogP contribution in [0.1, 0.15) is 62.7 Å². The molecule has 0 radical (unpaired) electrons. The highest BCUT2D eigenvalue weighted by Gasteiger charge is 2.20. The molecule has 2 aromatic rings. The van der Waals surface area contributed by atoms with Gasteiger partial charge in [0.2, 0.25) is 0 Å². The van der Waals surface area contributed by atoms with Crippen molar-refractivity contribution in [3.8, 4) is 5.95 Å². The molecule has 2 rings (SSSR count). The topological polar surface area (TPSA) is 107 Å². The summed E-state index contributed by atoms with van der Waals surface area (Å²) in [5, 5.41) is 29.8. The summed E-state index contributed by atoms with van der Waals surface area (Å²) in [6, 6.07) is 6.73. The van der Waals surface area contributed by atoms with Crippen LogP contribution < -0.4 is 15.4 Å². The van der Waals surface area contributed by atoms with Crippen LogP contribution in [-0.4, -0.2) is 17.4 Å². The van der Waals surface area contributed by atoms with Gasteiger partial charge in [0.15, 0.2) is 11.1 Å². The number of quaternary nitrogens is 1. The van der Waals surface area contributed by atoms with Crippen molar-refractivity contribution in [3.63, 3.8) is 0 Å². The van der Waals surface area contributed by atoms with Gasteiger partial charge in [-0.1, -0.05) is 46.6 Å². The zero-order valence-corrected chi connectivity index (χ0v) is 21.4. The Bertz CT molecular complexity index is 1210. The van der Waals surface area contributed by atoms with E-state index in [9.17, 15) is 15.1 Å². The Labute approximate surface area is 206 Å². The first-order valence-corrected chi connectivity index (χ1v) is 11.3. The van der Waals surface area contributed by atoms with Crippen molar-refractivity contribution in [1.82, 2.24) is 0 Å². The average Bonchev–Trinajstić information content (AvgIpc) is 2.77. The summed E-state index contributed by atoms with van der Waals surface area (Å²) in [5.41, 5.74) is 5.80. The number of hydrogen-bond acceptors (Lipinski definition) is 6. The highest BCUT2D eigenvalue weighted by Crippen LogP contribution is 2.28. The monoisotopic (exact) mass is 481 g/mol. The number of nitrogens with one attached hydrogen (secondary N) is 1. The summed E-state index contributed by atoms with van der Waals surface area (Å²) in [6.07, 6.45) is 7.42. The fourth-order valence-corrected chi connectivity index (χ4v) is 3.92. The summed E-state index contributed by atoms with van der Waals surface area (Å²) in [6.45, 7) is 11.2. The third-order valence-electron chi connectivity index (χ3n) is 5.50. The number of hydrogen-bond donors (Lipinski definition) is 3. The predicted molar refractivity (Wildman–Crippen MR) is 138 cm³/mol. The third kappa shape index (κ3) is 7.90. The van der Waals surface area contributed by atoms with Gasteiger partial charge in [0.05, 0.1) is 12.7 Å². The maximum atomic E-state index is 12.4. The molecular formula is C28H35NO6. The predicted octanol–water partition coefficient (Wildman–Crippen LogP) is 5.03. The lowest BCUT2D eigenvalue weighted by molar-refractivity contribution is -0.991. The van der Waals surface area contributed by atoms with Crippen LogP contribution in [0.2, 0.25) is 0 Å². The number of methoxy groups -OCH3 is 1. The quantitative estimate of drug-likeness (QED) is 0.342. The minimum atomic E-state index is -0.962. The Morgan fingerprint density at radius 3 is 2.17 bits per heavy atom. The van der Waals surface area contributed by atoms with Crippen molar-refractivity contribution in [2.24, 2.45) is 0 Å². The molecular weight excluding hydrogens is 446 g/mol. The van der Waals surface area contributed by atoms with Gasteiger partial charge in [-0.15, -0.1) is 0 Å². The van der Waals surface area contributed by atoms with E-state index in [1.54, 1.807) is 38.1 Å². The maximum Gasteiger partial charge on any atom is 0.291 e.